The lowest BCUT2D eigenvalue weighted by Crippen LogP contribution is -2.51. The van der Waals surface area contributed by atoms with Crippen LogP contribution < -0.4 is 5.32 Å². The Morgan fingerprint density at radius 2 is 2.29 bits per heavy atom. The molecular formula is C12H21N3O2. The summed E-state index contributed by atoms with van der Waals surface area (Å²) in [6.45, 7) is 8.71. The standard InChI is InChI=1S/C12H21N3O2/c1-12(2,3)14-8-10-9-15(6-7-17-10)11(16)4-5-13/h10,14H,4,6-9H2,1-3H3. The summed E-state index contributed by atoms with van der Waals surface area (Å²) in [6, 6.07) is 1.89. The molecule has 1 aliphatic heterocycles. The molecular weight excluding hydrogens is 218 g/mol. The predicted molar refractivity (Wildman–Crippen MR) is 64.3 cm³/mol. The van der Waals surface area contributed by atoms with Gasteiger partial charge in [0.05, 0.1) is 18.8 Å². The number of nitrogens with zero attached hydrogens (tertiary/aromatic N) is 2. The molecule has 0 bridgehead atoms. The number of amides is 1. The molecule has 0 aliphatic carbocycles. The van der Waals surface area contributed by atoms with Crippen molar-refractivity contribution in [2.75, 3.05) is 26.2 Å². The lowest BCUT2D eigenvalue weighted by molar-refractivity contribution is -0.137. The summed E-state index contributed by atoms with van der Waals surface area (Å²) < 4.78 is 5.59. The van der Waals surface area contributed by atoms with Gasteiger partial charge >= 0.3 is 0 Å². The zero-order valence-corrected chi connectivity index (χ0v) is 10.8. The molecule has 5 heteroatoms. The van der Waals surface area contributed by atoms with Gasteiger partial charge in [-0.15, -0.1) is 0 Å². The molecule has 0 saturated carbocycles. The number of ether oxygens (including phenoxy) is 1. The first-order valence-corrected chi connectivity index (χ1v) is 5.94. The van der Waals surface area contributed by atoms with Crippen molar-refractivity contribution < 1.29 is 9.53 Å². The second kappa shape index (κ2) is 5.99. The molecule has 0 spiro atoms. The van der Waals surface area contributed by atoms with Gasteiger partial charge < -0.3 is 15.0 Å². The average Bonchev–Trinajstić information content (AvgIpc) is 2.26. The van der Waals surface area contributed by atoms with E-state index in [1.54, 1.807) is 4.90 Å². The zero-order valence-electron chi connectivity index (χ0n) is 10.8. The Hall–Kier alpha value is -1.12. The third kappa shape index (κ3) is 5.16. The number of carbonyl (C=O) groups excluding carboxylic acids is 1. The van der Waals surface area contributed by atoms with Crippen LogP contribution in [0.25, 0.3) is 0 Å². The fourth-order valence-electron chi connectivity index (χ4n) is 1.67. The van der Waals surface area contributed by atoms with Crippen molar-refractivity contribution in [1.82, 2.24) is 10.2 Å². The van der Waals surface area contributed by atoms with E-state index < -0.39 is 0 Å². The molecule has 1 N–H and O–H groups in total. The van der Waals surface area contributed by atoms with Gasteiger partial charge in [0.2, 0.25) is 5.91 Å². The first-order valence-electron chi connectivity index (χ1n) is 5.94. The Morgan fingerprint density at radius 3 is 2.88 bits per heavy atom. The van der Waals surface area contributed by atoms with Crippen molar-refractivity contribution in [3.8, 4) is 6.07 Å². The summed E-state index contributed by atoms with van der Waals surface area (Å²) in [4.78, 5) is 13.3. The quantitative estimate of drug-likeness (QED) is 0.779. The van der Waals surface area contributed by atoms with Crippen LogP contribution in [0.1, 0.15) is 27.2 Å². The highest BCUT2D eigenvalue weighted by Crippen LogP contribution is 2.08. The topological polar surface area (TPSA) is 65.4 Å². The number of morpholine rings is 1. The maximum absolute atomic E-state index is 11.6. The smallest absolute Gasteiger partial charge is 0.236 e. The summed E-state index contributed by atoms with van der Waals surface area (Å²) in [7, 11) is 0. The molecule has 17 heavy (non-hydrogen) atoms. The molecule has 1 aliphatic rings. The average molecular weight is 239 g/mol. The van der Waals surface area contributed by atoms with Crippen molar-refractivity contribution in [3.63, 3.8) is 0 Å². The van der Waals surface area contributed by atoms with E-state index >= 15 is 0 Å². The van der Waals surface area contributed by atoms with Crippen LogP contribution in [0.3, 0.4) is 0 Å². The molecule has 1 fully saturated rings. The van der Waals surface area contributed by atoms with E-state index in [0.717, 1.165) is 6.54 Å². The number of nitriles is 1. The van der Waals surface area contributed by atoms with Crippen LogP contribution in [0, 0.1) is 11.3 Å². The first kappa shape index (κ1) is 13.9. The Labute approximate surface area is 103 Å². The molecule has 1 saturated heterocycles. The first-order chi connectivity index (χ1) is 7.92. The SMILES string of the molecule is CC(C)(C)NCC1CN(C(=O)CC#N)CCO1. The van der Waals surface area contributed by atoms with Crippen molar-refractivity contribution in [1.29, 1.82) is 5.26 Å². The molecule has 0 aromatic carbocycles. The van der Waals surface area contributed by atoms with Crippen LogP contribution in [0.4, 0.5) is 0 Å². The van der Waals surface area contributed by atoms with Crippen LogP contribution in [-0.2, 0) is 9.53 Å². The largest absolute Gasteiger partial charge is 0.373 e. The molecule has 1 heterocycles. The number of hydrogen-bond acceptors (Lipinski definition) is 4. The molecule has 1 unspecified atom stereocenters. The third-order valence-corrected chi connectivity index (χ3v) is 2.58. The number of rotatable bonds is 3. The van der Waals surface area contributed by atoms with Gasteiger partial charge in [0.25, 0.3) is 0 Å². The Bertz CT molecular complexity index is 304. The van der Waals surface area contributed by atoms with E-state index in [1.807, 2.05) is 6.07 Å². The van der Waals surface area contributed by atoms with Gasteiger partial charge in [-0.1, -0.05) is 0 Å². The molecule has 0 aromatic heterocycles. The summed E-state index contributed by atoms with van der Waals surface area (Å²) in [5, 5.41) is 11.9. The van der Waals surface area contributed by atoms with E-state index in [1.165, 1.54) is 0 Å². The van der Waals surface area contributed by atoms with Crippen molar-refractivity contribution in [2.45, 2.75) is 38.8 Å². The van der Waals surface area contributed by atoms with Gasteiger partial charge in [0.15, 0.2) is 0 Å². The molecule has 0 radical (unpaired) electrons. The number of nitrogens with one attached hydrogen (secondary N) is 1. The van der Waals surface area contributed by atoms with Gasteiger partial charge in [-0.25, -0.2) is 0 Å². The lowest BCUT2D eigenvalue weighted by Gasteiger charge is -2.34. The Balaban J connectivity index is 2.39. The maximum Gasteiger partial charge on any atom is 0.236 e. The molecule has 96 valence electrons. The van der Waals surface area contributed by atoms with Crippen LogP contribution in [-0.4, -0.2) is 48.7 Å². The van der Waals surface area contributed by atoms with Crippen molar-refractivity contribution in [3.05, 3.63) is 0 Å². The van der Waals surface area contributed by atoms with E-state index in [2.05, 4.69) is 26.1 Å². The predicted octanol–water partition coefficient (Wildman–Crippen LogP) is 0.516. The van der Waals surface area contributed by atoms with Crippen molar-refractivity contribution >= 4 is 5.91 Å². The normalized spacial score (nSPS) is 21.1. The van der Waals surface area contributed by atoms with Crippen LogP contribution in [0.2, 0.25) is 0 Å². The second-order valence-electron chi connectivity index (χ2n) is 5.30. The lowest BCUT2D eigenvalue weighted by atomic mass is 10.1. The third-order valence-electron chi connectivity index (χ3n) is 2.58. The molecule has 0 aromatic rings. The van der Waals surface area contributed by atoms with Gasteiger partial charge in [-0.2, -0.15) is 5.26 Å². The highest BCUT2D eigenvalue weighted by molar-refractivity contribution is 5.78. The second-order valence-corrected chi connectivity index (χ2v) is 5.30. The van der Waals surface area contributed by atoms with Gasteiger partial charge in [-0.3, -0.25) is 4.79 Å². The van der Waals surface area contributed by atoms with Gasteiger partial charge in [0, 0.05) is 25.2 Å². The summed E-state index contributed by atoms with van der Waals surface area (Å²) in [6.07, 6.45) is -0.0232. The minimum Gasteiger partial charge on any atom is -0.373 e. The van der Waals surface area contributed by atoms with Crippen LogP contribution in [0.15, 0.2) is 0 Å². The van der Waals surface area contributed by atoms with Gasteiger partial charge in [-0.05, 0) is 20.8 Å². The van der Waals surface area contributed by atoms with E-state index in [4.69, 9.17) is 10.00 Å². The number of carbonyl (C=O) groups is 1. The summed E-state index contributed by atoms with van der Waals surface area (Å²) >= 11 is 0. The van der Waals surface area contributed by atoms with Crippen LogP contribution in [0.5, 0.6) is 0 Å². The summed E-state index contributed by atoms with van der Waals surface area (Å²) in [5.41, 5.74) is 0.0439. The highest BCUT2D eigenvalue weighted by atomic mass is 16.5. The van der Waals surface area contributed by atoms with E-state index in [-0.39, 0.29) is 24.0 Å². The summed E-state index contributed by atoms with van der Waals surface area (Å²) in [5.74, 6) is -0.100. The molecule has 1 amide bonds. The number of hydrogen-bond donors (Lipinski definition) is 1. The zero-order chi connectivity index (χ0) is 12.9. The fraction of sp³-hybridized carbons (Fsp3) is 0.833. The van der Waals surface area contributed by atoms with Crippen LogP contribution >= 0.6 is 0 Å². The maximum atomic E-state index is 11.6. The fourth-order valence-corrected chi connectivity index (χ4v) is 1.67. The minimum absolute atomic E-state index is 0.0191. The molecule has 1 rings (SSSR count). The Morgan fingerprint density at radius 1 is 1.59 bits per heavy atom. The van der Waals surface area contributed by atoms with E-state index in [9.17, 15) is 4.79 Å². The van der Waals surface area contributed by atoms with E-state index in [0.29, 0.717) is 19.7 Å². The highest BCUT2D eigenvalue weighted by Gasteiger charge is 2.24. The molecule has 1 atom stereocenters. The monoisotopic (exact) mass is 239 g/mol. The van der Waals surface area contributed by atoms with Gasteiger partial charge in [0.1, 0.15) is 6.42 Å². The Kier molecular flexibility index (Phi) is 4.91. The van der Waals surface area contributed by atoms with Crippen molar-refractivity contribution in [2.24, 2.45) is 0 Å². The molecule has 5 nitrogen and oxygen atoms in total. The minimum atomic E-state index is -0.100.